The molecule has 2 fully saturated rings. The number of amides is 1. The molecule has 1 amide bonds. The molecule has 2 aliphatic rings. The van der Waals surface area contributed by atoms with E-state index in [0.717, 1.165) is 26.2 Å². The number of ether oxygens (including phenoxy) is 1. The minimum absolute atomic E-state index is 0. The number of methoxy groups -OCH3 is 1. The topological polar surface area (TPSA) is 41.6 Å². The van der Waals surface area contributed by atoms with E-state index in [-0.39, 0.29) is 24.4 Å². The molecule has 0 aromatic heterocycles. The molecular formula is C10H19ClN2O2. The highest BCUT2D eigenvalue weighted by Crippen LogP contribution is 2.22. The van der Waals surface area contributed by atoms with Crippen molar-refractivity contribution in [3.63, 3.8) is 0 Å². The molecule has 2 heterocycles. The second kappa shape index (κ2) is 5.14. The van der Waals surface area contributed by atoms with Crippen LogP contribution in [-0.2, 0) is 9.53 Å². The molecule has 1 N–H and O–H groups in total. The zero-order chi connectivity index (χ0) is 10.1. The molecule has 0 aliphatic carbocycles. The lowest BCUT2D eigenvalue weighted by Gasteiger charge is -2.40. The average Bonchev–Trinajstić information content (AvgIpc) is 2.49. The fourth-order valence-electron chi connectivity index (χ4n) is 2.14. The highest BCUT2D eigenvalue weighted by molar-refractivity contribution is 5.85. The first-order valence-corrected chi connectivity index (χ1v) is 5.24. The Labute approximate surface area is 96.7 Å². The van der Waals surface area contributed by atoms with Crippen molar-refractivity contribution in [3.8, 4) is 0 Å². The van der Waals surface area contributed by atoms with Crippen molar-refractivity contribution >= 4 is 18.3 Å². The summed E-state index contributed by atoms with van der Waals surface area (Å²) in [6.07, 6.45) is 0.267. The molecule has 2 saturated heterocycles. The zero-order valence-electron chi connectivity index (χ0n) is 9.23. The number of carbonyl (C=O) groups excluding carboxylic acids is 1. The number of rotatable bonds is 2. The van der Waals surface area contributed by atoms with Gasteiger partial charge in [-0.1, -0.05) is 6.92 Å². The van der Waals surface area contributed by atoms with Gasteiger partial charge in [0.25, 0.3) is 0 Å². The summed E-state index contributed by atoms with van der Waals surface area (Å²) in [5.41, 5.74) is 0. The standard InChI is InChI=1S/C10H18N2O2.ClH/c1-7-3-11-4-9(7)10(13)12-5-8(6-12)14-2;/h7-9,11H,3-6H2,1-2H3;1H/t7-,9-;/m1./s1. The lowest BCUT2D eigenvalue weighted by atomic mass is 9.95. The molecule has 4 nitrogen and oxygen atoms in total. The zero-order valence-corrected chi connectivity index (χ0v) is 10.0. The minimum atomic E-state index is 0. The summed E-state index contributed by atoms with van der Waals surface area (Å²) in [7, 11) is 1.70. The van der Waals surface area contributed by atoms with Crippen molar-refractivity contribution in [2.24, 2.45) is 11.8 Å². The Kier molecular flexibility index (Phi) is 4.37. The maximum atomic E-state index is 11.9. The van der Waals surface area contributed by atoms with Gasteiger partial charge in [0, 0.05) is 26.7 Å². The van der Waals surface area contributed by atoms with E-state index in [2.05, 4.69) is 12.2 Å². The first-order valence-electron chi connectivity index (χ1n) is 5.24. The van der Waals surface area contributed by atoms with Crippen LogP contribution >= 0.6 is 12.4 Å². The minimum Gasteiger partial charge on any atom is -0.378 e. The van der Waals surface area contributed by atoms with E-state index < -0.39 is 0 Å². The van der Waals surface area contributed by atoms with Crippen LogP contribution in [-0.4, -0.2) is 50.2 Å². The lowest BCUT2D eigenvalue weighted by Crippen LogP contribution is -2.56. The molecule has 2 aliphatic heterocycles. The Morgan fingerprint density at radius 3 is 2.53 bits per heavy atom. The van der Waals surface area contributed by atoms with Crippen molar-refractivity contribution in [2.75, 3.05) is 33.3 Å². The van der Waals surface area contributed by atoms with Gasteiger partial charge in [-0.25, -0.2) is 0 Å². The third-order valence-electron chi connectivity index (χ3n) is 3.33. The molecule has 0 aromatic carbocycles. The quantitative estimate of drug-likeness (QED) is 0.738. The van der Waals surface area contributed by atoms with Crippen LogP contribution < -0.4 is 5.32 Å². The van der Waals surface area contributed by atoms with Crippen LogP contribution in [0.5, 0.6) is 0 Å². The van der Waals surface area contributed by atoms with E-state index in [1.54, 1.807) is 7.11 Å². The average molecular weight is 235 g/mol. The van der Waals surface area contributed by atoms with Crippen molar-refractivity contribution in [1.29, 1.82) is 0 Å². The molecular weight excluding hydrogens is 216 g/mol. The van der Waals surface area contributed by atoms with Crippen LogP contribution in [0.25, 0.3) is 0 Å². The second-order valence-electron chi connectivity index (χ2n) is 4.34. The molecule has 15 heavy (non-hydrogen) atoms. The second-order valence-corrected chi connectivity index (χ2v) is 4.34. The number of nitrogens with zero attached hydrogens (tertiary/aromatic N) is 1. The summed E-state index contributed by atoms with van der Waals surface area (Å²) in [4.78, 5) is 13.8. The van der Waals surface area contributed by atoms with Crippen LogP contribution in [0.2, 0.25) is 0 Å². The summed E-state index contributed by atoms with van der Waals surface area (Å²) in [6.45, 7) is 5.50. The first kappa shape index (κ1) is 12.7. The van der Waals surface area contributed by atoms with Crippen molar-refractivity contribution in [3.05, 3.63) is 0 Å². The largest absolute Gasteiger partial charge is 0.378 e. The van der Waals surface area contributed by atoms with Gasteiger partial charge in [0.05, 0.1) is 12.0 Å². The number of hydrogen-bond acceptors (Lipinski definition) is 3. The number of hydrogen-bond donors (Lipinski definition) is 1. The van der Waals surface area contributed by atoms with Gasteiger partial charge in [-0.05, 0) is 12.5 Å². The molecule has 2 rings (SSSR count). The number of nitrogens with one attached hydrogen (secondary N) is 1. The summed E-state index contributed by atoms with van der Waals surface area (Å²) in [5, 5.41) is 3.25. The van der Waals surface area contributed by atoms with E-state index >= 15 is 0 Å². The summed E-state index contributed by atoms with van der Waals surface area (Å²) in [6, 6.07) is 0. The Morgan fingerprint density at radius 2 is 2.07 bits per heavy atom. The van der Waals surface area contributed by atoms with E-state index in [1.807, 2.05) is 4.90 Å². The number of carbonyl (C=O) groups is 1. The summed E-state index contributed by atoms with van der Waals surface area (Å²) >= 11 is 0. The van der Waals surface area contributed by atoms with Gasteiger partial charge in [0.1, 0.15) is 0 Å². The number of likely N-dealkylation sites (tertiary alicyclic amines) is 1. The van der Waals surface area contributed by atoms with Crippen LogP contribution in [0.15, 0.2) is 0 Å². The fourth-order valence-corrected chi connectivity index (χ4v) is 2.14. The van der Waals surface area contributed by atoms with Gasteiger partial charge in [-0.15, -0.1) is 12.4 Å². The highest BCUT2D eigenvalue weighted by Gasteiger charge is 2.38. The van der Waals surface area contributed by atoms with E-state index in [9.17, 15) is 4.79 Å². The van der Waals surface area contributed by atoms with Gasteiger partial charge in [-0.3, -0.25) is 4.79 Å². The fraction of sp³-hybridized carbons (Fsp3) is 0.900. The molecule has 0 spiro atoms. The monoisotopic (exact) mass is 234 g/mol. The predicted molar refractivity (Wildman–Crippen MR) is 60.1 cm³/mol. The SMILES string of the molecule is COC1CN(C(=O)[C@@H]2CNC[C@H]2C)C1.Cl. The van der Waals surface area contributed by atoms with Crippen molar-refractivity contribution in [2.45, 2.75) is 13.0 Å². The molecule has 0 radical (unpaired) electrons. The third kappa shape index (κ3) is 2.44. The molecule has 2 atom stereocenters. The number of halogens is 1. The molecule has 5 heteroatoms. The van der Waals surface area contributed by atoms with Gasteiger partial charge < -0.3 is 15.0 Å². The summed E-state index contributed by atoms with van der Waals surface area (Å²) < 4.78 is 5.15. The van der Waals surface area contributed by atoms with Crippen LogP contribution in [0, 0.1) is 11.8 Å². The first-order chi connectivity index (χ1) is 6.72. The lowest BCUT2D eigenvalue weighted by molar-refractivity contribution is -0.147. The van der Waals surface area contributed by atoms with Gasteiger partial charge >= 0.3 is 0 Å². The molecule has 88 valence electrons. The smallest absolute Gasteiger partial charge is 0.227 e. The van der Waals surface area contributed by atoms with Gasteiger partial charge in [0.15, 0.2) is 0 Å². The van der Waals surface area contributed by atoms with Crippen LogP contribution in [0.3, 0.4) is 0 Å². The van der Waals surface area contributed by atoms with Gasteiger partial charge in [0.2, 0.25) is 5.91 Å². The van der Waals surface area contributed by atoms with Gasteiger partial charge in [-0.2, -0.15) is 0 Å². The Balaban J connectivity index is 0.00000112. The summed E-state index contributed by atoms with van der Waals surface area (Å²) in [5.74, 6) is 0.965. The Morgan fingerprint density at radius 1 is 1.40 bits per heavy atom. The third-order valence-corrected chi connectivity index (χ3v) is 3.33. The maximum absolute atomic E-state index is 11.9. The van der Waals surface area contributed by atoms with E-state index in [4.69, 9.17) is 4.74 Å². The van der Waals surface area contributed by atoms with E-state index in [0.29, 0.717) is 11.8 Å². The molecule has 0 aromatic rings. The molecule has 0 saturated carbocycles. The predicted octanol–water partition coefficient (Wildman–Crippen LogP) is 0.121. The van der Waals surface area contributed by atoms with Crippen molar-refractivity contribution < 1.29 is 9.53 Å². The van der Waals surface area contributed by atoms with E-state index in [1.165, 1.54) is 0 Å². The molecule has 0 unspecified atom stereocenters. The normalized spacial score (nSPS) is 30.9. The van der Waals surface area contributed by atoms with Crippen LogP contribution in [0.4, 0.5) is 0 Å². The van der Waals surface area contributed by atoms with Crippen molar-refractivity contribution in [1.82, 2.24) is 10.2 Å². The Hall–Kier alpha value is -0.320. The Bertz CT molecular complexity index is 231. The highest BCUT2D eigenvalue weighted by atomic mass is 35.5. The maximum Gasteiger partial charge on any atom is 0.227 e. The van der Waals surface area contributed by atoms with Crippen LogP contribution in [0.1, 0.15) is 6.92 Å². The molecule has 0 bridgehead atoms.